The highest BCUT2D eigenvalue weighted by Gasteiger charge is 2.39. The van der Waals surface area contributed by atoms with Crippen molar-refractivity contribution in [3.8, 4) is 0 Å². The number of aryl methyl sites for hydroxylation is 1. The molecule has 35 heavy (non-hydrogen) atoms. The lowest BCUT2D eigenvalue weighted by molar-refractivity contribution is -0.128. The van der Waals surface area contributed by atoms with E-state index in [4.69, 9.17) is 0 Å². The van der Waals surface area contributed by atoms with E-state index in [-0.39, 0.29) is 17.9 Å². The molecule has 1 saturated carbocycles. The smallest absolute Gasteiger partial charge is 0.248 e. The number of fused-ring (bicyclic) bond motifs is 1. The van der Waals surface area contributed by atoms with Gasteiger partial charge >= 0.3 is 0 Å². The van der Waals surface area contributed by atoms with Gasteiger partial charge in [-0.05, 0) is 50.5 Å². The molecule has 2 aromatic heterocycles. The van der Waals surface area contributed by atoms with Gasteiger partial charge in [0.25, 0.3) is 0 Å². The molecule has 3 aromatic rings. The molecule has 184 valence electrons. The number of carbonyl (C=O) groups is 2. The molecule has 3 heterocycles. The number of aromatic nitrogens is 3. The van der Waals surface area contributed by atoms with E-state index < -0.39 is 18.2 Å². The minimum absolute atomic E-state index is 0.0940. The molecular weight excluding hydrogens is 444 g/mol. The van der Waals surface area contributed by atoms with Gasteiger partial charge in [-0.25, -0.2) is 4.98 Å². The summed E-state index contributed by atoms with van der Waals surface area (Å²) in [4.78, 5) is 41.3. The molecule has 5 rings (SSSR count). The lowest BCUT2D eigenvalue weighted by atomic mass is 9.94. The average Bonchev–Trinajstić information content (AvgIpc) is 3.47. The van der Waals surface area contributed by atoms with Crippen LogP contribution in [0.4, 0.5) is 5.69 Å². The van der Waals surface area contributed by atoms with E-state index in [1.165, 1.54) is 6.42 Å². The third kappa shape index (κ3) is 5.06. The van der Waals surface area contributed by atoms with Crippen molar-refractivity contribution in [2.24, 2.45) is 0 Å². The molecule has 2 fully saturated rings. The van der Waals surface area contributed by atoms with Crippen LogP contribution >= 0.6 is 0 Å². The van der Waals surface area contributed by atoms with Gasteiger partial charge in [0, 0.05) is 36.2 Å². The summed E-state index contributed by atoms with van der Waals surface area (Å²) in [7, 11) is 0. The average molecular weight is 477 g/mol. The van der Waals surface area contributed by atoms with E-state index in [0.717, 1.165) is 42.5 Å². The SMILES string of the molecule is Cc1nc2ccc(N(C(=O)[C@H]3C[C@@H](O)CN3)C(C(=O)NC3CCCCC3)c3cccnc3)cc2[nH]1. The number of H-pyrrole nitrogens is 1. The number of aliphatic hydroxyl groups excluding tert-OH is 1. The number of pyridine rings is 1. The fourth-order valence-corrected chi connectivity index (χ4v) is 5.23. The van der Waals surface area contributed by atoms with Gasteiger partial charge in [0.15, 0.2) is 0 Å². The maximum Gasteiger partial charge on any atom is 0.248 e. The zero-order valence-corrected chi connectivity index (χ0v) is 19.9. The highest BCUT2D eigenvalue weighted by molar-refractivity contribution is 6.04. The molecule has 0 spiro atoms. The molecular formula is C26H32N6O3. The van der Waals surface area contributed by atoms with Crippen molar-refractivity contribution in [2.75, 3.05) is 11.4 Å². The summed E-state index contributed by atoms with van der Waals surface area (Å²) in [5, 5.41) is 16.4. The molecule has 1 aliphatic carbocycles. The number of carbonyl (C=O) groups excluding carboxylic acids is 2. The Labute approximate surface area is 204 Å². The predicted octanol–water partition coefficient (Wildman–Crippen LogP) is 2.51. The lowest BCUT2D eigenvalue weighted by Gasteiger charge is -2.34. The second kappa shape index (κ2) is 10.1. The number of aliphatic hydroxyl groups is 1. The van der Waals surface area contributed by atoms with Crippen LogP contribution in [0.3, 0.4) is 0 Å². The molecule has 0 bridgehead atoms. The van der Waals surface area contributed by atoms with Crippen LogP contribution in [0.2, 0.25) is 0 Å². The summed E-state index contributed by atoms with van der Waals surface area (Å²) in [6.07, 6.45) is 8.23. The van der Waals surface area contributed by atoms with Gasteiger partial charge in [0.2, 0.25) is 11.8 Å². The monoisotopic (exact) mass is 476 g/mol. The minimum atomic E-state index is -0.904. The number of nitrogens with one attached hydrogen (secondary N) is 3. The number of amides is 2. The van der Waals surface area contributed by atoms with Crippen molar-refractivity contribution in [1.82, 2.24) is 25.6 Å². The Morgan fingerprint density at radius 3 is 2.74 bits per heavy atom. The first-order valence-electron chi connectivity index (χ1n) is 12.4. The third-order valence-electron chi connectivity index (χ3n) is 6.96. The largest absolute Gasteiger partial charge is 0.392 e. The molecule has 1 aliphatic heterocycles. The van der Waals surface area contributed by atoms with Crippen molar-refractivity contribution < 1.29 is 14.7 Å². The van der Waals surface area contributed by atoms with Gasteiger partial charge in [-0.15, -0.1) is 0 Å². The van der Waals surface area contributed by atoms with Crippen LogP contribution in [0, 0.1) is 6.92 Å². The van der Waals surface area contributed by atoms with Crippen LogP contribution in [-0.2, 0) is 9.59 Å². The van der Waals surface area contributed by atoms with Gasteiger partial charge in [0.1, 0.15) is 11.9 Å². The van der Waals surface area contributed by atoms with E-state index in [9.17, 15) is 14.7 Å². The molecule has 2 amide bonds. The molecule has 9 heteroatoms. The quantitative estimate of drug-likeness (QED) is 0.434. The molecule has 0 radical (unpaired) electrons. The first-order chi connectivity index (χ1) is 17.0. The Kier molecular flexibility index (Phi) is 6.79. The summed E-state index contributed by atoms with van der Waals surface area (Å²) < 4.78 is 0. The number of aromatic amines is 1. The number of imidazole rings is 1. The van der Waals surface area contributed by atoms with Crippen LogP contribution in [0.25, 0.3) is 11.0 Å². The van der Waals surface area contributed by atoms with Crippen LogP contribution in [0.1, 0.15) is 56.0 Å². The molecule has 1 aromatic carbocycles. The minimum Gasteiger partial charge on any atom is -0.392 e. The van der Waals surface area contributed by atoms with Crippen LogP contribution in [0.15, 0.2) is 42.7 Å². The standard InChI is InChI=1S/C26H32N6O3/c1-16-29-21-10-9-19(12-22(21)30-16)32(26(35)23-13-20(33)15-28-23)24(17-6-5-11-27-14-17)25(34)31-18-7-3-2-4-8-18/h5-6,9-12,14,18,20,23-24,28,33H,2-4,7-8,13,15H2,1H3,(H,29,30)(H,31,34)/t20-,23-,24?/m1/s1. The van der Waals surface area contributed by atoms with Crippen molar-refractivity contribution in [1.29, 1.82) is 0 Å². The molecule has 3 atom stereocenters. The maximum atomic E-state index is 14.0. The number of benzene rings is 1. The van der Waals surface area contributed by atoms with E-state index in [0.29, 0.717) is 24.2 Å². The second-order valence-electron chi connectivity index (χ2n) is 9.61. The number of rotatable bonds is 6. The van der Waals surface area contributed by atoms with E-state index in [1.54, 1.807) is 23.4 Å². The molecule has 4 N–H and O–H groups in total. The third-order valence-corrected chi connectivity index (χ3v) is 6.96. The van der Waals surface area contributed by atoms with Crippen molar-refractivity contribution in [3.63, 3.8) is 0 Å². The molecule has 1 saturated heterocycles. The predicted molar refractivity (Wildman–Crippen MR) is 133 cm³/mol. The zero-order valence-electron chi connectivity index (χ0n) is 19.9. The van der Waals surface area contributed by atoms with Gasteiger partial charge in [-0.1, -0.05) is 25.3 Å². The second-order valence-corrected chi connectivity index (χ2v) is 9.61. The normalized spacial score (nSPS) is 21.7. The van der Waals surface area contributed by atoms with Crippen molar-refractivity contribution >= 4 is 28.5 Å². The number of anilines is 1. The van der Waals surface area contributed by atoms with E-state index >= 15 is 0 Å². The van der Waals surface area contributed by atoms with Gasteiger partial charge in [0.05, 0.1) is 23.2 Å². The summed E-state index contributed by atoms with van der Waals surface area (Å²) in [6.45, 7) is 2.22. The van der Waals surface area contributed by atoms with Crippen LogP contribution in [-0.4, -0.2) is 56.6 Å². The first kappa shape index (κ1) is 23.4. The van der Waals surface area contributed by atoms with E-state index in [2.05, 4.69) is 25.6 Å². The van der Waals surface area contributed by atoms with Crippen molar-refractivity contribution in [3.05, 3.63) is 54.1 Å². The summed E-state index contributed by atoms with van der Waals surface area (Å²) in [6, 6.07) is 7.73. The fraction of sp³-hybridized carbons (Fsp3) is 0.462. The number of hydrogen-bond donors (Lipinski definition) is 4. The van der Waals surface area contributed by atoms with Crippen LogP contribution < -0.4 is 15.5 Å². The van der Waals surface area contributed by atoms with E-state index in [1.807, 2.05) is 31.2 Å². The van der Waals surface area contributed by atoms with Gasteiger partial charge < -0.3 is 20.7 Å². The summed E-state index contributed by atoms with van der Waals surface area (Å²) in [5.41, 5.74) is 2.79. The highest BCUT2D eigenvalue weighted by Crippen LogP contribution is 2.32. The summed E-state index contributed by atoms with van der Waals surface area (Å²) in [5.74, 6) is 0.289. The fourth-order valence-electron chi connectivity index (χ4n) is 5.23. The number of β-amino-alcohol motifs (C(OH)–C–C–N with tert-alkyl or cyclic N) is 1. The lowest BCUT2D eigenvalue weighted by Crippen LogP contribution is -2.51. The molecule has 1 unspecified atom stereocenters. The number of nitrogens with zero attached hydrogens (tertiary/aromatic N) is 3. The Balaban J connectivity index is 1.57. The van der Waals surface area contributed by atoms with Gasteiger partial charge in [-0.3, -0.25) is 19.5 Å². The highest BCUT2D eigenvalue weighted by atomic mass is 16.3. The topological polar surface area (TPSA) is 123 Å². The maximum absolute atomic E-state index is 14.0. The molecule has 2 aliphatic rings. The summed E-state index contributed by atoms with van der Waals surface area (Å²) >= 11 is 0. The first-order valence-corrected chi connectivity index (χ1v) is 12.4. The van der Waals surface area contributed by atoms with Gasteiger partial charge in [-0.2, -0.15) is 0 Å². The Morgan fingerprint density at radius 2 is 2.03 bits per heavy atom. The Hall–Kier alpha value is -3.30. The van der Waals surface area contributed by atoms with Crippen LogP contribution in [0.5, 0.6) is 0 Å². The Morgan fingerprint density at radius 1 is 1.20 bits per heavy atom. The molecule has 9 nitrogen and oxygen atoms in total. The van der Waals surface area contributed by atoms with Crippen molar-refractivity contribution in [2.45, 2.75) is 69.7 Å². The zero-order chi connectivity index (χ0) is 24.4. The Bertz CT molecular complexity index is 1190. The number of hydrogen-bond acceptors (Lipinski definition) is 6.